The molecule has 1 atom stereocenters. The van der Waals surface area contributed by atoms with Crippen LogP contribution in [0.25, 0.3) is 0 Å². The molecule has 0 aromatic heterocycles. The molecule has 0 aromatic carbocycles. The van der Waals surface area contributed by atoms with Crippen LogP contribution >= 0.6 is 0 Å². The maximum atomic E-state index is 10.3. The van der Waals surface area contributed by atoms with E-state index in [-0.39, 0.29) is 6.04 Å². The van der Waals surface area contributed by atoms with Gasteiger partial charge in [-0.15, -0.1) is 0 Å². The fourth-order valence-electron chi connectivity index (χ4n) is 1.39. The van der Waals surface area contributed by atoms with Gasteiger partial charge < -0.3 is 0 Å². The molecular formula is C10H21NO. The average Bonchev–Trinajstić information content (AvgIpc) is 2.10. The van der Waals surface area contributed by atoms with Gasteiger partial charge in [-0.05, 0) is 12.8 Å². The summed E-state index contributed by atoms with van der Waals surface area (Å²) in [5, 5.41) is 3.13. The molecule has 0 bridgehead atoms. The minimum absolute atomic E-state index is 0.0897. The van der Waals surface area contributed by atoms with Crippen molar-refractivity contribution in [2.75, 3.05) is 0 Å². The minimum Gasteiger partial charge on any atom is -0.151 e. The van der Waals surface area contributed by atoms with Crippen molar-refractivity contribution < 1.29 is 0 Å². The quantitative estimate of drug-likeness (QED) is 0.402. The third-order valence-electron chi connectivity index (χ3n) is 2.16. The summed E-state index contributed by atoms with van der Waals surface area (Å²) in [5.74, 6) is 0. The van der Waals surface area contributed by atoms with Crippen molar-refractivity contribution in [3.63, 3.8) is 0 Å². The van der Waals surface area contributed by atoms with E-state index in [1.807, 2.05) is 0 Å². The lowest BCUT2D eigenvalue weighted by atomic mass is 10.0. The van der Waals surface area contributed by atoms with E-state index in [0.29, 0.717) is 0 Å². The lowest BCUT2D eigenvalue weighted by molar-refractivity contribution is 0.516. The summed E-state index contributed by atoms with van der Waals surface area (Å²) >= 11 is 0. The van der Waals surface area contributed by atoms with Crippen LogP contribution in [0.1, 0.15) is 58.8 Å². The van der Waals surface area contributed by atoms with E-state index in [1.165, 1.54) is 25.7 Å². The van der Waals surface area contributed by atoms with E-state index < -0.39 is 0 Å². The molecule has 12 heavy (non-hydrogen) atoms. The Balaban J connectivity index is 3.25. The van der Waals surface area contributed by atoms with Crippen LogP contribution < -0.4 is 0 Å². The summed E-state index contributed by atoms with van der Waals surface area (Å²) in [6, 6.07) is 0.0897. The summed E-state index contributed by atoms with van der Waals surface area (Å²) in [6.07, 6.45) is 8.01. The van der Waals surface area contributed by atoms with Crippen molar-refractivity contribution in [1.82, 2.24) is 0 Å². The van der Waals surface area contributed by atoms with Crippen molar-refractivity contribution in [3.8, 4) is 0 Å². The summed E-state index contributed by atoms with van der Waals surface area (Å²) in [5.41, 5.74) is 0. The summed E-state index contributed by atoms with van der Waals surface area (Å²) in [7, 11) is 0. The zero-order valence-electron chi connectivity index (χ0n) is 8.38. The molecule has 0 fully saturated rings. The highest BCUT2D eigenvalue weighted by Gasteiger charge is 2.05. The van der Waals surface area contributed by atoms with Crippen molar-refractivity contribution in [1.29, 1.82) is 0 Å². The fourth-order valence-corrected chi connectivity index (χ4v) is 1.39. The van der Waals surface area contributed by atoms with Gasteiger partial charge in [-0.25, -0.2) is 0 Å². The van der Waals surface area contributed by atoms with Crippen molar-refractivity contribution in [2.45, 2.75) is 64.8 Å². The molecule has 0 aliphatic rings. The first kappa shape index (κ1) is 11.6. The molecule has 0 saturated heterocycles. The van der Waals surface area contributed by atoms with Gasteiger partial charge in [0.15, 0.2) is 0 Å². The zero-order valence-corrected chi connectivity index (χ0v) is 8.38. The lowest BCUT2D eigenvalue weighted by Gasteiger charge is -2.05. The predicted molar refractivity (Wildman–Crippen MR) is 53.3 cm³/mol. The standard InChI is InChI=1S/C10H21NO/c1-3-5-6-7-9-10(11-12)8-4-2/h10H,3-9H2,1-2H3. The fraction of sp³-hybridized carbons (Fsp3) is 1.00. The number of nitroso groups, excluding NO2 is 1. The molecule has 0 aromatic rings. The molecule has 0 heterocycles. The van der Waals surface area contributed by atoms with Crippen LogP contribution in [0, 0.1) is 4.91 Å². The first-order chi connectivity index (χ1) is 5.85. The van der Waals surface area contributed by atoms with Gasteiger partial charge in [0, 0.05) is 0 Å². The van der Waals surface area contributed by atoms with Gasteiger partial charge in [-0.1, -0.05) is 51.1 Å². The third-order valence-corrected chi connectivity index (χ3v) is 2.16. The summed E-state index contributed by atoms with van der Waals surface area (Å²) in [6.45, 7) is 4.30. The van der Waals surface area contributed by atoms with Gasteiger partial charge in [0.1, 0.15) is 0 Å². The van der Waals surface area contributed by atoms with E-state index in [2.05, 4.69) is 19.0 Å². The number of hydrogen-bond acceptors (Lipinski definition) is 2. The van der Waals surface area contributed by atoms with Gasteiger partial charge >= 0.3 is 0 Å². The van der Waals surface area contributed by atoms with Gasteiger partial charge in [0.2, 0.25) is 0 Å². The van der Waals surface area contributed by atoms with Gasteiger partial charge in [0.25, 0.3) is 0 Å². The monoisotopic (exact) mass is 171 g/mol. The molecule has 0 aliphatic carbocycles. The lowest BCUT2D eigenvalue weighted by Crippen LogP contribution is -2.02. The Bertz CT molecular complexity index is 104. The van der Waals surface area contributed by atoms with Crippen LogP contribution in [0.3, 0.4) is 0 Å². The smallest absolute Gasteiger partial charge is 0.0919 e. The zero-order chi connectivity index (χ0) is 9.23. The number of hydrogen-bond donors (Lipinski definition) is 0. The van der Waals surface area contributed by atoms with Crippen LogP contribution in [0.15, 0.2) is 5.18 Å². The first-order valence-corrected chi connectivity index (χ1v) is 5.17. The van der Waals surface area contributed by atoms with Crippen LogP contribution in [-0.2, 0) is 0 Å². The average molecular weight is 171 g/mol. The molecule has 0 radical (unpaired) electrons. The van der Waals surface area contributed by atoms with Crippen LogP contribution in [0.5, 0.6) is 0 Å². The van der Waals surface area contributed by atoms with Gasteiger partial charge in [-0.3, -0.25) is 0 Å². The summed E-state index contributed by atoms with van der Waals surface area (Å²) in [4.78, 5) is 10.3. The predicted octanol–water partition coefficient (Wildman–Crippen LogP) is 3.89. The SMILES string of the molecule is CCCCCCC(CCC)N=O. The van der Waals surface area contributed by atoms with E-state index in [1.54, 1.807) is 0 Å². The Hall–Kier alpha value is -0.400. The third kappa shape index (κ3) is 6.32. The van der Waals surface area contributed by atoms with E-state index >= 15 is 0 Å². The largest absolute Gasteiger partial charge is 0.151 e. The van der Waals surface area contributed by atoms with Gasteiger partial charge in [0.05, 0.1) is 6.04 Å². The molecule has 0 amide bonds. The molecule has 0 aliphatic heterocycles. The molecule has 72 valence electrons. The second-order valence-electron chi connectivity index (χ2n) is 3.40. The Morgan fingerprint density at radius 1 is 1.00 bits per heavy atom. The second-order valence-corrected chi connectivity index (χ2v) is 3.40. The Kier molecular flexibility index (Phi) is 8.40. The number of unbranched alkanes of at least 4 members (excludes halogenated alkanes) is 3. The Morgan fingerprint density at radius 3 is 2.25 bits per heavy atom. The highest BCUT2D eigenvalue weighted by molar-refractivity contribution is 4.64. The maximum Gasteiger partial charge on any atom is 0.0919 e. The Morgan fingerprint density at radius 2 is 1.75 bits per heavy atom. The van der Waals surface area contributed by atoms with Crippen LogP contribution in [0.2, 0.25) is 0 Å². The topological polar surface area (TPSA) is 29.4 Å². The minimum atomic E-state index is 0.0897. The molecule has 0 saturated carbocycles. The molecule has 0 rings (SSSR count). The molecular weight excluding hydrogens is 150 g/mol. The second kappa shape index (κ2) is 8.69. The molecule has 1 unspecified atom stereocenters. The number of nitrogens with zero attached hydrogens (tertiary/aromatic N) is 1. The Labute approximate surface area is 75.7 Å². The number of rotatable bonds is 8. The molecule has 0 spiro atoms. The molecule has 2 nitrogen and oxygen atoms in total. The normalized spacial score (nSPS) is 12.8. The molecule has 2 heteroatoms. The van der Waals surface area contributed by atoms with Crippen molar-refractivity contribution >= 4 is 0 Å². The summed E-state index contributed by atoms with van der Waals surface area (Å²) < 4.78 is 0. The van der Waals surface area contributed by atoms with E-state index in [9.17, 15) is 4.91 Å². The van der Waals surface area contributed by atoms with Crippen LogP contribution in [0.4, 0.5) is 0 Å². The first-order valence-electron chi connectivity index (χ1n) is 5.17. The highest BCUT2D eigenvalue weighted by Crippen LogP contribution is 2.11. The van der Waals surface area contributed by atoms with E-state index in [4.69, 9.17) is 0 Å². The van der Waals surface area contributed by atoms with Crippen LogP contribution in [-0.4, -0.2) is 6.04 Å². The van der Waals surface area contributed by atoms with Crippen molar-refractivity contribution in [3.05, 3.63) is 4.91 Å². The maximum absolute atomic E-state index is 10.3. The highest BCUT2D eigenvalue weighted by atomic mass is 16.3. The van der Waals surface area contributed by atoms with E-state index in [0.717, 1.165) is 19.3 Å². The van der Waals surface area contributed by atoms with Gasteiger partial charge in [-0.2, -0.15) is 4.91 Å². The molecule has 0 N–H and O–H groups in total. The van der Waals surface area contributed by atoms with Crippen molar-refractivity contribution in [2.24, 2.45) is 5.18 Å².